The molecule has 0 aliphatic heterocycles. The zero-order chi connectivity index (χ0) is 12.4. The number of hydrogen-bond acceptors (Lipinski definition) is 1. The second-order valence-corrected chi connectivity index (χ2v) is 3.68. The molecule has 0 aliphatic rings. The summed E-state index contributed by atoms with van der Waals surface area (Å²) in [5.74, 6) is 0. The molecule has 1 nitrogen and oxygen atoms in total. The standard InChI is InChI=1S/C9H10.C6H15N/c1-3-9-7-5-4-6-8(9)2;1-4-7(5-2)6-3/h3-7H,1H2,2H3;4-6H2,1-3H3. The van der Waals surface area contributed by atoms with Crippen LogP contribution in [0.5, 0.6) is 0 Å². The Morgan fingerprint density at radius 1 is 1.06 bits per heavy atom. The van der Waals surface area contributed by atoms with E-state index in [-0.39, 0.29) is 0 Å². The second-order valence-electron chi connectivity index (χ2n) is 3.68. The van der Waals surface area contributed by atoms with Gasteiger partial charge in [0.1, 0.15) is 0 Å². The van der Waals surface area contributed by atoms with Crippen molar-refractivity contribution >= 4 is 6.08 Å². The SMILES string of the molecule is C=Cc1ccccc1C.CCN(CC)CC. The Kier molecular flexibility index (Phi) is 8.55. The molecular formula is C15H25N. The van der Waals surface area contributed by atoms with Crippen LogP contribution in [0.15, 0.2) is 30.8 Å². The van der Waals surface area contributed by atoms with E-state index in [1.807, 2.05) is 18.2 Å². The average molecular weight is 219 g/mol. The minimum absolute atomic E-state index is 1.19. The molecule has 0 saturated carbocycles. The van der Waals surface area contributed by atoms with Gasteiger partial charge in [0.2, 0.25) is 0 Å². The highest BCUT2D eigenvalue weighted by Gasteiger charge is 1.89. The van der Waals surface area contributed by atoms with Crippen LogP contribution in [-0.4, -0.2) is 24.5 Å². The van der Waals surface area contributed by atoms with Gasteiger partial charge in [0.05, 0.1) is 0 Å². The van der Waals surface area contributed by atoms with Crippen molar-refractivity contribution in [1.29, 1.82) is 0 Å². The number of benzene rings is 1. The van der Waals surface area contributed by atoms with Gasteiger partial charge in [-0.1, -0.05) is 57.7 Å². The molecule has 0 unspecified atom stereocenters. The predicted molar refractivity (Wildman–Crippen MR) is 74.7 cm³/mol. The number of nitrogens with zero attached hydrogens (tertiary/aromatic N) is 1. The lowest BCUT2D eigenvalue weighted by atomic mass is 10.1. The quantitative estimate of drug-likeness (QED) is 0.740. The van der Waals surface area contributed by atoms with E-state index in [1.54, 1.807) is 0 Å². The van der Waals surface area contributed by atoms with Gasteiger partial charge in [-0.25, -0.2) is 0 Å². The minimum Gasteiger partial charge on any atom is -0.304 e. The van der Waals surface area contributed by atoms with Gasteiger partial charge in [0.15, 0.2) is 0 Å². The van der Waals surface area contributed by atoms with Crippen molar-refractivity contribution in [2.24, 2.45) is 0 Å². The number of hydrogen-bond donors (Lipinski definition) is 0. The van der Waals surface area contributed by atoms with Crippen molar-refractivity contribution in [2.75, 3.05) is 19.6 Å². The molecule has 1 rings (SSSR count). The van der Waals surface area contributed by atoms with Crippen LogP contribution < -0.4 is 0 Å². The number of rotatable bonds is 4. The van der Waals surface area contributed by atoms with Crippen LogP contribution in [0.2, 0.25) is 0 Å². The largest absolute Gasteiger partial charge is 0.304 e. The van der Waals surface area contributed by atoms with Crippen LogP contribution in [0.1, 0.15) is 31.9 Å². The highest BCUT2D eigenvalue weighted by molar-refractivity contribution is 5.50. The highest BCUT2D eigenvalue weighted by Crippen LogP contribution is 2.06. The second kappa shape index (κ2) is 9.17. The summed E-state index contributed by atoms with van der Waals surface area (Å²) in [6.07, 6.45) is 1.87. The van der Waals surface area contributed by atoms with Crippen molar-refractivity contribution in [2.45, 2.75) is 27.7 Å². The molecule has 16 heavy (non-hydrogen) atoms. The van der Waals surface area contributed by atoms with Crippen LogP contribution in [0.25, 0.3) is 6.08 Å². The van der Waals surface area contributed by atoms with E-state index >= 15 is 0 Å². The van der Waals surface area contributed by atoms with Gasteiger partial charge in [-0.05, 0) is 37.7 Å². The van der Waals surface area contributed by atoms with Gasteiger partial charge >= 0.3 is 0 Å². The fourth-order valence-corrected chi connectivity index (χ4v) is 1.49. The maximum absolute atomic E-state index is 3.69. The third-order valence-electron chi connectivity index (χ3n) is 2.75. The molecule has 0 spiro atoms. The van der Waals surface area contributed by atoms with Gasteiger partial charge in [0, 0.05) is 0 Å². The van der Waals surface area contributed by atoms with Gasteiger partial charge < -0.3 is 4.90 Å². The summed E-state index contributed by atoms with van der Waals surface area (Å²) in [6, 6.07) is 8.19. The molecule has 1 aromatic rings. The lowest BCUT2D eigenvalue weighted by molar-refractivity contribution is 0.321. The molecular weight excluding hydrogens is 194 g/mol. The number of aryl methyl sites for hydroxylation is 1. The van der Waals surface area contributed by atoms with E-state index < -0.39 is 0 Å². The molecule has 0 atom stereocenters. The van der Waals surface area contributed by atoms with E-state index in [2.05, 4.69) is 51.3 Å². The fourth-order valence-electron chi connectivity index (χ4n) is 1.49. The van der Waals surface area contributed by atoms with Gasteiger partial charge in [-0.2, -0.15) is 0 Å². The summed E-state index contributed by atoms with van der Waals surface area (Å²) >= 11 is 0. The smallest absolute Gasteiger partial charge is 0.00474 e. The van der Waals surface area contributed by atoms with Gasteiger partial charge in [-0.15, -0.1) is 0 Å². The summed E-state index contributed by atoms with van der Waals surface area (Å²) in [5, 5.41) is 0. The lowest BCUT2D eigenvalue weighted by Crippen LogP contribution is -2.21. The topological polar surface area (TPSA) is 3.24 Å². The maximum atomic E-state index is 3.69. The van der Waals surface area contributed by atoms with Gasteiger partial charge in [-0.3, -0.25) is 0 Å². The van der Waals surface area contributed by atoms with Crippen LogP contribution in [0.3, 0.4) is 0 Å². The normalized spacial score (nSPS) is 9.56. The van der Waals surface area contributed by atoms with Crippen molar-refractivity contribution in [3.63, 3.8) is 0 Å². The molecule has 0 aromatic heterocycles. The molecule has 90 valence electrons. The molecule has 1 aromatic carbocycles. The summed E-state index contributed by atoms with van der Waals surface area (Å²) in [6.45, 7) is 15.9. The molecule has 0 saturated heterocycles. The summed E-state index contributed by atoms with van der Waals surface area (Å²) < 4.78 is 0. The Morgan fingerprint density at radius 2 is 1.56 bits per heavy atom. The first-order chi connectivity index (χ1) is 7.69. The highest BCUT2D eigenvalue weighted by atomic mass is 15.1. The van der Waals surface area contributed by atoms with Crippen LogP contribution in [0.4, 0.5) is 0 Å². The van der Waals surface area contributed by atoms with E-state index in [0.717, 1.165) is 0 Å². The molecule has 0 N–H and O–H groups in total. The van der Waals surface area contributed by atoms with Crippen molar-refractivity contribution < 1.29 is 0 Å². The maximum Gasteiger partial charge on any atom is -0.00474 e. The van der Waals surface area contributed by atoms with E-state index in [1.165, 1.54) is 30.8 Å². The minimum atomic E-state index is 1.19. The zero-order valence-corrected chi connectivity index (χ0v) is 11.2. The third-order valence-corrected chi connectivity index (χ3v) is 2.75. The van der Waals surface area contributed by atoms with Crippen molar-refractivity contribution in [3.05, 3.63) is 42.0 Å². The first-order valence-electron chi connectivity index (χ1n) is 6.09. The summed E-state index contributed by atoms with van der Waals surface area (Å²) in [5.41, 5.74) is 2.50. The van der Waals surface area contributed by atoms with Gasteiger partial charge in [0.25, 0.3) is 0 Å². The van der Waals surface area contributed by atoms with E-state index in [9.17, 15) is 0 Å². The summed E-state index contributed by atoms with van der Waals surface area (Å²) in [4.78, 5) is 2.38. The molecule has 0 bridgehead atoms. The first-order valence-corrected chi connectivity index (χ1v) is 6.09. The predicted octanol–water partition coefficient (Wildman–Crippen LogP) is 3.99. The van der Waals surface area contributed by atoms with Crippen molar-refractivity contribution in [1.82, 2.24) is 4.90 Å². The molecule has 0 heterocycles. The Balaban J connectivity index is 0.000000293. The Labute approximate surface area is 101 Å². The Morgan fingerprint density at radius 3 is 1.81 bits per heavy atom. The first kappa shape index (κ1) is 14.9. The Hall–Kier alpha value is -1.08. The van der Waals surface area contributed by atoms with Crippen molar-refractivity contribution in [3.8, 4) is 0 Å². The molecule has 0 amide bonds. The zero-order valence-electron chi connectivity index (χ0n) is 11.2. The van der Waals surface area contributed by atoms with Crippen LogP contribution in [-0.2, 0) is 0 Å². The molecule has 0 fully saturated rings. The van der Waals surface area contributed by atoms with E-state index in [4.69, 9.17) is 0 Å². The average Bonchev–Trinajstić information content (AvgIpc) is 2.33. The molecule has 0 radical (unpaired) electrons. The summed E-state index contributed by atoms with van der Waals surface area (Å²) in [7, 11) is 0. The lowest BCUT2D eigenvalue weighted by Gasteiger charge is -2.13. The fraction of sp³-hybridized carbons (Fsp3) is 0.467. The molecule has 1 heteroatoms. The van der Waals surface area contributed by atoms with Crippen LogP contribution in [0, 0.1) is 6.92 Å². The van der Waals surface area contributed by atoms with E-state index in [0.29, 0.717) is 0 Å². The third kappa shape index (κ3) is 5.72. The molecule has 0 aliphatic carbocycles. The van der Waals surface area contributed by atoms with Crippen LogP contribution >= 0.6 is 0 Å². The Bertz CT molecular complexity index is 282. The monoisotopic (exact) mass is 219 g/mol.